The Hall–Kier alpha value is -3.46. The Labute approximate surface area is 188 Å². The van der Waals surface area contributed by atoms with Gasteiger partial charge in [0.05, 0.1) is 16.7 Å². The van der Waals surface area contributed by atoms with Crippen molar-refractivity contribution in [2.45, 2.75) is 37.7 Å². The summed E-state index contributed by atoms with van der Waals surface area (Å²) >= 11 is 1.46. The molecule has 0 aliphatic heterocycles. The van der Waals surface area contributed by atoms with E-state index in [1.165, 1.54) is 11.8 Å². The number of aryl methyl sites for hydroxylation is 1. The topological polar surface area (TPSA) is 91.1 Å². The van der Waals surface area contributed by atoms with Crippen molar-refractivity contribution in [3.63, 3.8) is 0 Å². The first-order valence-corrected chi connectivity index (χ1v) is 11.5. The zero-order valence-corrected chi connectivity index (χ0v) is 18.6. The van der Waals surface area contributed by atoms with E-state index >= 15 is 0 Å². The number of fused-ring (bicyclic) bond motifs is 3. The van der Waals surface area contributed by atoms with Crippen molar-refractivity contribution < 1.29 is 4.52 Å². The van der Waals surface area contributed by atoms with Gasteiger partial charge in [0.15, 0.2) is 11.0 Å². The lowest BCUT2D eigenvalue weighted by molar-refractivity contribution is 0.425. The molecule has 2 aromatic carbocycles. The van der Waals surface area contributed by atoms with E-state index in [0.717, 1.165) is 17.5 Å². The molecule has 0 saturated heterocycles. The van der Waals surface area contributed by atoms with Crippen LogP contribution in [-0.4, -0.2) is 29.3 Å². The predicted octanol–water partition coefficient (Wildman–Crippen LogP) is 4.43. The molecular formula is C23H22N6O2S. The van der Waals surface area contributed by atoms with E-state index in [1.54, 1.807) is 4.57 Å². The average molecular weight is 447 g/mol. The van der Waals surface area contributed by atoms with Gasteiger partial charge in [0.2, 0.25) is 5.78 Å². The highest BCUT2D eigenvalue weighted by Crippen LogP contribution is 2.25. The fraction of sp³-hybridized carbons (Fsp3) is 0.261. The lowest BCUT2D eigenvalue weighted by Crippen LogP contribution is -2.24. The van der Waals surface area contributed by atoms with E-state index in [9.17, 15) is 4.79 Å². The number of nitrogens with zero attached hydrogens (tertiary/aromatic N) is 6. The van der Waals surface area contributed by atoms with E-state index in [4.69, 9.17) is 4.52 Å². The molecular weight excluding hydrogens is 424 g/mol. The summed E-state index contributed by atoms with van der Waals surface area (Å²) in [5.41, 5.74) is 1.63. The molecule has 0 saturated carbocycles. The summed E-state index contributed by atoms with van der Waals surface area (Å²) in [6, 6.07) is 17.2. The molecule has 0 spiro atoms. The zero-order valence-electron chi connectivity index (χ0n) is 17.8. The lowest BCUT2D eigenvalue weighted by Gasteiger charge is -2.12. The molecule has 0 bridgehead atoms. The van der Waals surface area contributed by atoms with Gasteiger partial charge in [0.25, 0.3) is 11.4 Å². The Morgan fingerprint density at radius 1 is 1.03 bits per heavy atom. The molecule has 3 aromatic heterocycles. The minimum atomic E-state index is -0.0385. The maximum Gasteiger partial charge on any atom is 0.262 e. The summed E-state index contributed by atoms with van der Waals surface area (Å²) in [4.78, 5) is 17.6. The van der Waals surface area contributed by atoms with Gasteiger partial charge in [-0.1, -0.05) is 61.1 Å². The number of hydrogen-bond donors (Lipinski definition) is 0. The second kappa shape index (κ2) is 8.58. The summed E-state index contributed by atoms with van der Waals surface area (Å²) in [6.07, 6.45) is 0.883. The van der Waals surface area contributed by atoms with Gasteiger partial charge < -0.3 is 4.52 Å². The molecule has 8 nitrogen and oxygen atoms in total. The molecule has 3 heterocycles. The number of benzene rings is 2. The highest BCUT2D eigenvalue weighted by atomic mass is 32.2. The highest BCUT2D eigenvalue weighted by Gasteiger charge is 2.18. The second-order valence-corrected chi connectivity index (χ2v) is 8.89. The standard InChI is InChI=1S/C23H22N6O2S/c1-15(2)12-13-28-21(30)17-10-6-7-11-18(17)29-22(28)25-26-23(29)32-14-19-24-20(31-27-19)16-8-4-3-5-9-16/h3-11,15H,12-14H2,1-2H3. The first-order chi connectivity index (χ1) is 15.6. The van der Waals surface area contributed by atoms with Crippen molar-refractivity contribution in [3.8, 4) is 11.5 Å². The molecule has 0 aliphatic carbocycles. The van der Waals surface area contributed by atoms with E-state index in [0.29, 0.717) is 46.3 Å². The van der Waals surface area contributed by atoms with Crippen LogP contribution in [0.1, 0.15) is 26.1 Å². The number of hydrogen-bond acceptors (Lipinski definition) is 7. The quantitative estimate of drug-likeness (QED) is 0.342. The maximum absolute atomic E-state index is 13.1. The van der Waals surface area contributed by atoms with Gasteiger partial charge >= 0.3 is 0 Å². The van der Waals surface area contributed by atoms with Crippen molar-refractivity contribution >= 4 is 28.4 Å². The number of para-hydroxylation sites is 1. The van der Waals surface area contributed by atoms with Crippen LogP contribution in [0.25, 0.3) is 28.1 Å². The van der Waals surface area contributed by atoms with Crippen LogP contribution in [0.2, 0.25) is 0 Å². The van der Waals surface area contributed by atoms with Crippen LogP contribution < -0.4 is 5.56 Å². The van der Waals surface area contributed by atoms with Crippen LogP contribution in [0.5, 0.6) is 0 Å². The average Bonchev–Trinajstić information content (AvgIpc) is 3.45. The molecule has 0 amide bonds. The molecule has 32 heavy (non-hydrogen) atoms. The van der Waals surface area contributed by atoms with Gasteiger partial charge in [0.1, 0.15) is 0 Å². The van der Waals surface area contributed by atoms with E-state index in [2.05, 4.69) is 34.2 Å². The third kappa shape index (κ3) is 3.80. The summed E-state index contributed by atoms with van der Waals surface area (Å²) in [7, 11) is 0. The van der Waals surface area contributed by atoms with Crippen molar-refractivity contribution in [2.75, 3.05) is 0 Å². The molecule has 5 aromatic rings. The Morgan fingerprint density at radius 2 is 1.81 bits per heavy atom. The predicted molar refractivity (Wildman–Crippen MR) is 124 cm³/mol. The Morgan fingerprint density at radius 3 is 2.62 bits per heavy atom. The molecule has 5 rings (SSSR count). The third-order valence-corrected chi connectivity index (χ3v) is 6.15. The fourth-order valence-electron chi connectivity index (χ4n) is 3.56. The van der Waals surface area contributed by atoms with Crippen LogP contribution in [0.15, 0.2) is 69.1 Å². The fourth-order valence-corrected chi connectivity index (χ4v) is 4.34. The summed E-state index contributed by atoms with van der Waals surface area (Å²) < 4.78 is 9.07. The monoisotopic (exact) mass is 446 g/mol. The first kappa shape index (κ1) is 20.4. The van der Waals surface area contributed by atoms with Gasteiger partial charge in [-0.15, -0.1) is 10.2 Å². The SMILES string of the molecule is CC(C)CCn1c(=O)c2ccccc2n2c(SCc3noc(-c4ccccc4)n3)nnc12. The van der Waals surface area contributed by atoms with Crippen LogP contribution >= 0.6 is 11.8 Å². The van der Waals surface area contributed by atoms with Crippen molar-refractivity contribution in [3.05, 3.63) is 70.8 Å². The molecule has 9 heteroatoms. The van der Waals surface area contributed by atoms with Crippen molar-refractivity contribution in [1.82, 2.24) is 29.3 Å². The van der Waals surface area contributed by atoms with Crippen molar-refractivity contribution in [1.29, 1.82) is 0 Å². The molecule has 0 atom stereocenters. The van der Waals surface area contributed by atoms with Crippen LogP contribution in [0.3, 0.4) is 0 Å². The number of aromatic nitrogens is 6. The zero-order chi connectivity index (χ0) is 22.1. The first-order valence-electron chi connectivity index (χ1n) is 10.5. The third-order valence-electron chi connectivity index (χ3n) is 5.23. The molecule has 0 fully saturated rings. The summed E-state index contributed by atoms with van der Waals surface area (Å²) in [6.45, 7) is 4.88. The van der Waals surface area contributed by atoms with Gasteiger partial charge in [-0.3, -0.25) is 13.8 Å². The number of rotatable bonds is 7. The Kier molecular flexibility index (Phi) is 5.48. The van der Waals surface area contributed by atoms with Gasteiger partial charge in [0, 0.05) is 12.1 Å². The summed E-state index contributed by atoms with van der Waals surface area (Å²) in [5, 5.41) is 14.2. The van der Waals surface area contributed by atoms with E-state index in [-0.39, 0.29) is 5.56 Å². The van der Waals surface area contributed by atoms with Crippen molar-refractivity contribution in [2.24, 2.45) is 5.92 Å². The minimum Gasteiger partial charge on any atom is -0.334 e. The van der Waals surface area contributed by atoms with Gasteiger partial charge in [-0.2, -0.15) is 4.98 Å². The Balaban J connectivity index is 1.50. The molecule has 0 aliphatic rings. The number of thioether (sulfide) groups is 1. The van der Waals surface area contributed by atoms with Gasteiger partial charge in [-0.05, 0) is 36.6 Å². The highest BCUT2D eigenvalue weighted by molar-refractivity contribution is 7.98. The molecule has 162 valence electrons. The second-order valence-electron chi connectivity index (χ2n) is 7.94. The van der Waals surface area contributed by atoms with Crippen LogP contribution in [0, 0.1) is 5.92 Å². The largest absolute Gasteiger partial charge is 0.334 e. The molecule has 0 unspecified atom stereocenters. The van der Waals surface area contributed by atoms with E-state index in [1.807, 2.05) is 59.0 Å². The Bertz CT molecular complexity index is 1440. The van der Waals surface area contributed by atoms with Crippen LogP contribution in [0.4, 0.5) is 0 Å². The molecule has 0 N–H and O–H groups in total. The summed E-state index contributed by atoms with van der Waals surface area (Å²) in [5.74, 6) is 2.55. The normalized spacial score (nSPS) is 11.7. The van der Waals surface area contributed by atoms with Crippen LogP contribution in [-0.2, 0) is 12.3 Å². The molecule has 0 radical (unpaired) electrons. The maximum atomic E-state index is 13.1. The van der Waals surface area contributed by atoms with Gasteiger partial charge in [-0.25, -0.2) is 0 Å². The van der Waals surface area contributed by atoms with E-state index < -0.39 is 0 Å². The smallest absolute Gasteiger partial charge is 0.262 e. The minimum absolute atomic E-state index is 0.0385. The lowest BCUT2D eigenvalue weighted by atomic mass is 10.1.